The number of thiophene rings is 2. The van der Waals surface area contributed by atoms with Gasteiger partial charge in [0.05, 0.1) is 18.3 Å². The van der Waals surface area contributed by atoms with Crippen LogP contribution in [0.25, 0.3) is 20.7 Å². The van der Waals surface area contributed by atoms with Gasteiger partial charge in [-0.2, -0.15) is 0 Å². The molecule has 4 aromatic rings. The Morgan fingerprint density at radius 3 is 2.89 bits per heavy atom. The number of ether oxygens (including phenoxy) is 2. The second-order valence-electron chi connectivity index (χ2n) is 6.44. The van der Waals surface area contributed by atoms with Crippen molar-refractivity contribution in [1.29, 1.82) is 0 Å². The van der Waals surface area contributed by atoms with Gasteiger partial charge in [-0.3, -0.25) is 9.36 Å². The van der Waals surface area contributed by atoms with Crippen molar-refractivity contribution in [2.45, 2.75) is 19.6 Å². The van der Waals surface area contributed by atoms with E-state index in [4.69, 9.17) is 9.47 Å². The molecule has 0 N–H and O–H groups in total. The topological polar surface area (TPSA) is 53.4 Å². The minimum atomic E-state index is -0.233. The summed E-state index contributed by atoms with van der Waals surface area (Å²) in [6.45, 7) is 2.87. The van der Waals surface area contributed by atoms with Crippen molar-refractivity contribution >= 4 is 32.9 Å². The van der Waals surface area contributed by atoms with Gasteiger partial charge in [-0.05, 0) is 31.2 Å². The number of benzene rings is 1. The Morgan fingerprint density at radius 2 is 2.07 bits per heavy atom. The first-order valence-corrected chi connectivity index (χ1v) is 10.3. The van der Waals surface area contributed by atoms with Gasteiger partial charge >= 0.3 is 0 Å². The van der Waals surface area contributed by atoms with Crippen LogP contribution >= 0.6 is 22.7 Å². The van der Waals surface area contributed by atoms with Crippen molar-refractivity contribution in [3.05, 3.63) is 63.3 Å². The maximum absolute atomic E-state index is 13.1. The summed E-state index contributed by atoms with van der Waals surface area (Å²) in [7, 11) is 0. The van der Waals surface area contributed by atoms with Gasteiger partial charge in [0.2, 0.25) is 0 Å². The molecule has 5 nitrogen and oxygen atoms in total. The van der Waals surface area contributed by atoms with Crippen LogP contribution in [0, 0.1) is 6.92 Å². The molecule has 0 radical (unpaired) electrons. The quantitative estimate of drug-likeness (QED) is 0.517. The smallest absolute Gasteiger partial charge is 0.262 e. The lowest BCUT2D eigenvalue weighted by Gasteiger charge is -2.26. The molecule has 7 heteroatoms. The molecule has 1 atom stereocenters. The molecule has 0 saturated carbocycles. The van der Waals surface area contributed by atoms with Crippen molar-refractivity contribution in [2.75, 3.05) is 6.61 Å². The molecule has 0 spiro atoms. The van der Waals surface area contributed by atoms with Gasteiger partial charge in [0.15, 0.2) is 17.6 Å². The maximum Gasteiger partial charge on any atom is 0.262 e. The van der Waals surface area contributed by atoms with Gasteiger partial charge in [0.1, 0.15) is 11.4 Å². The summed E-state index contributed by atoms with van der Waals surface area (Å²) in [6.07, 6.45) is 1.37. The number of aryl methyl sites for hydroxylation is 1. The summed E-state index contributed by atoms with van der Waals surface area (Å²) in [5.41, 5.74) is 0.927. The Hall–Kier alpha value is -2.64. The van der Waals surface area contributed by atoms with Gasteiger partial charge < -0.3 is 9.47 Å². The summed E-state index contributed by atoms with van der Waals surface area (Å²) in [5, 5.41) is 2.70. The molecule has 0 saturated heterocycles. The van der Waals surface area contributed by atoms with Crippen LogP contribution in [0.1, 0.15) is 4.88 Å². The molecule has 4 heterocycles. The SMILES string of the molecule is Cc1ccc(-c2csc3ncn(C[C@H]4COc5ccccc5O4)c(=O)c23)s1. The molecule has 0 aliphatic carbocycles. The molecule has 1 aliphatic heterocycles. The van der Waals surface area contributed by atoms with Gasteiger partial charge in [-0.1, -0.05) is 12.1 Å². The normalized spacial score (nSPS) is 16.0. The summed E-state index contributed by atoms with van der Waals surface area (Å²) < 4.78 is 13.4. The molecular weight excluding hydrogens is 380 g/mol. The van der Waals surface area contributed by atoms with Crippen LogP contribution in [0.5, 0.6) is 11.5 Å². The van der Waals surface area contributed by atoms with Gasteiger partial charge in [-0.25, -0.2) is 4.98 Å². The van der Waals surface area contributed by atoms with E-state index in [1.165, 1.54) is 16.2 Å². The fraction of sp³-hybridized carbons (Fsp3) is 0.200. The zero-order valence-electron chi connectivity index (χ0n) is 14.5. The first-order chi connectivity index (χ1) is 13.2. The zero-order valence-corrected chi connectivity index (χ0v) is 16.2. The Balaban J connectivity index is 1.50. The summed E-state index contributed by atoms with van der Waals surface area (Å²) in [6, 6.07) is 11.7. The highest BCUT2D eigenvalue weighted by atomic mass is 32.1. The number of hydrogen-bond donors (Lipinski definition) is 0. The fourth-order valence-corrected chi connectivity index (χ4v) is 5.09. The Bertz CT molecular complexity index is 1190. The lowest BCUT2D eigenvalue weighted by Crippen LogP contribution is -2.36. The number of nitrogens with zero attached hydrogens (tertiary/aromatic N) is 2. The number of fused-ring (bicyclic) bond motifs is 2. The minimum absolute atomic E-state index is 0.0373. The van der Waals surface area contributed by atoms with Crippen molar-refractivity contribution in [1.82, 2.24) is 9.55 Å². The van der Waals surface area contributed by atoms with Crippen LogP contribution in [0.15, 0.2) is 52.9 Å². The van der Waals surface area contributed by atoms with Crippen LogP contribution in [0.2, 0.25) is 0 Å². The highest BCUT2D eigenvalue weighted by Crippen LogP contribution is 2.35. The molecule has 0 bridgehead atoms. The average molecular weight is 396 g/mol. The van der Waals surface area contributed by atoms with E-state index in [1.54, 1.807) is 22.2 Å². The zero-order chi connectivity index (χ0) is 18.4. The number of hydrogen-bond acceptors (Lipinski definition) is 6. The lowest BCUT2D eigenvalue weighted by atomic mass is 10.2. The van der Waals surface area contributed by atoms with Gasteiger partial charge in [0, 0.05) is 20.7 Å². The van der Waals surface area contributed by atoms with Crippen molar-refractivity contribution in [2.24, 2.45) is 0 Å². The highest BCUT2D eigenvalue weighted by molar-refractivity contribution is 7.19. The third-order valence-corrected chi connectivity index (χ3v) is 6.45. The molecule has 136 valence electrons. The fourth-order valence-electron chi connectivity index (χ4n) is 3.23. The second-order valence-corrected chi connectivity index (χ2v) is 8.59. The molecule has 27 heavy (non-hydrogen) atoms. The summed E-state index contributed by atoms with van der Waals surface area (Å²) >= 11 is 3.19. The van der Waals surface area contributed by atoms with Crippen molar-refractivity contribution in [3.8, 4) is 21.9 Å². The van der Waals surface area contributed by atoms with E-state index < -0.39 is 0 Å². The summed E-state index contributed by atoms with van der Waals surface area (Å²) in [4.78, 5) is 20.7. The first-order valence-electron chi connectivity index (χ1n) is 8.61. The average Bonchev–Trinajstić information content (AvgIpc) is 3.30. The molecular formula is C20H16N2O3S2. The first kappa shape index (κ1) is 16.5. The Labute approximate surface area is 163 Å². The van der Waals surface area contributed by atoms with E-state index in [1.807, 2.05) is 29.6 Å². The van der Waals surface area contributed by atoms with Crippen LogP contribution in [-0.2, 0) is 6.54 Å². The predicted octanol–water partition coefficient (Wildman–Crippen LogP) is 4.33. The lowest BCUT2D eigenvalue weighted by molar-refractivity contribution is 0.0777. The van der Waals surface area contributed by atoms with E-state index in [-0.39, 0.29) is 11.7 Å². The molecule has 0 unspecified atom stereocenters. The van der Waals surface area contributed by atoms with Crippen LogP contribution in [0.4, 0.5) is 0 Å². The monoisotopic (exact) mass is 396 g/mol. The Morgan fingerprint density at radius 1 is 1.22 bits per heavy atom. The van der Waals surface area contributed by atoms with Gasteiger partial charge in [0.25, 0.3) is 5.56 Å². The van der Waals surface area contributed by atoms with E-state index >= 15 is 0 Å². The Kier molecular flexibility index (Phi) is 3.98. The standard InChI is InChI=1S/C20H16N2O3S2/c1-12-6-7-17(27-12)14-10-26-19-18(14)20(23)22(11-21-19)8-13-9-24-15-4-2-3-5-16(15)25-13/h2-7,10-11,13H,8-9H2,1H3/t13-/m0/s1. The largest absolute Gasteiger partial charge is 0.486 e. The molecule has 3 aromatic heterocycles. The van der Waals surface area contributed by atoms with Crippen molar-refractivity contribution < 1.29 is 9.47 Å². The molecule has 5 rings (SSSR count). The third kappa shape index (κ3) is 2.93. The van der Waals surface area contributed by atoms with E-state index in [9.17, 15) is 4.79 Å². The van der Waals surface area contributed by atoms with E-state index in [2.05, 4.69) is 24.0 Å². The molecule has 0 fully saturated rings. The van der Waals surface area contributed by atoms with Crippen LogP contribution in [-0.4, -0.2) is 22.3 Å². The second kappa shape index (κ2) is 6.51. The number of rotatable bonds is 3. The van der Waals surface area contributed by atoms with Crippen LogP contribution in [0.3, 0.4) is 0 Å². The van der Waals surface area contributed by atoms with E-state index in [0.717, 1.165) is 21.0 Å². The number of aromatic nitrogens is 2. The van der Waals surface area contributed by atoms with Gasteiger partial charge in [-0.15, -0.1) is 22.7 Å². The van der Waals surface area contributed by atoms with E-state index in [0.29, 0.717) is 24.3 Å². The molecule has 0 amide bonds. The maximum atomic E-state index is 13.1. The highest BCUT2D eigenvalue weighted by Gasteiger charge is 2.22. The molecule has 1 aromatic carbocycles. The third-order valence-electron chi connectivity index (χ3n) is 4.53. The predicted molar refractivity (Wildman–Crippen MR) is 108 cm³/mol. The van der Waals surface area contributed by atoms with Crippen molar-refractivity contribution in [3.63, 3.8) is 0 Å². The minimum Gasteiger partial charge on any atom is -0.486 e. The number of para-hydroxylation sites is 2. The summed E-state index contributed by atoms with van der Waals surface area (Å²) in [5.74, 6) is 1.45. The molecule has 1 aliphatic rings. The van der Waals surface area contributed by atoms with Crippen LogP contribution < -0.4 is 15.0 Å².